The number of hydrogen-bond donors (Lipinski definition) is 1. The molecule has 1 fully saturated rings. The lowest BCUT2D eigenvalue weighted by Gasteiger charge is -2.22. The molecule has 2 heterocycles. The molecule has 0 aromatic carbocycles. The van der Waals surface area contributed by atoms with Crippen LogP contribution in [0, 0.1) is 12.8 Å². The van der Waals surface area contributed by atoms with Crippen molar-refractivity contribution in [2.75, 3.05) is 20.3 Å². The number of aryl methyl sites for hydroxylation is 1. The number of pyridine rings is 2. The summed E-state index contributed by atoms with van der Waals surface area (Å²) in [6.07, 6.45) is 8.81. The Morgan fingerprint density at radius 1 is 1.30 bits per heavy atom. The largest absolute Gasteiger partial charge is 0.385 e. The fourth-order valence-electron chi connectivity index (χ4n) is 4.39. The van der Waals surface area contributed by atoms with E-state index in [1.807, 2.05) is 25.1 Å². The zero-order valence-corrected chi connectivity index (χ0v) is 18.2. The Morgan fingerprint density at radius 3 is 2.80 bits per heavy atom. The van der Waals surface area contributed by atoms with Crippen LogP contribution in [0.15, 0.2) is 35.3 Å². The zero-order valence-electron chi connectivity index (χ0n) is 18.2. The molecule has 1 aliphatic rings. The Bertz CT molecular complexity index is 887. The minimum absolute atomic E-state index is 0.182. The zero-order chi connectivity index (χ0) is 21.3. The first-order valence-electron chi connectivity index (χ1n) is 11.0. The van der Waals surface area contributed by atoms with E-state index < -0.39 is 0 Å². The van der Waals surface area contributed by atoms with Crippen LogP contribution in [0.2, 0.25) is 0 Å². The lowest BCUT2D eigenvalue weighted by atomic mass is 9.96. The molecule has 2 aromatic rings. The van der Waals surface area contributed by atoms with E-state index in [1.54, 1.807) is 19.4 Å². The van der Waals surface area contributed by atoms with Crippen LogP contribution in [0.25, 0.3) is 0 Å². The molecule has 1 saturated carbocycles. The highest BCUT2D eigenvalue weighted by atomic mass is 16.5. The predicted molar refractivity (Wildman–Crippen MR) is 118 cm³/mol. The van der Waals surface area contributed by atoms with E-state index >= 15 is 0 Å². The van der Waals surface area contributed by atoms with Gasteiger partial charge < -0.3 is 14.6 Å². The molecule has 6 heteroatoms. The standard InChI is InChI=1S/C24H33N3O3/c1-18-16-22(28)23(24(29)26-13-11-20-10-5-6-12-25-20)21(17-19-8-3-4-9-19)27(18)14-7-15-30-2/h5-6,10,12,16,19H,3-4,7-9,11,13-15,17H2,1-2H3,(H,26,29). The third-order valence-corrected chi connectivity index (χ3v) is 5.93. The molecule has 0 aliphatic heterocycles. The molecule has 1 aliphatic carbocycles. The lowest BCUT2D eigenvalue weighted by Crippen LogP contribution is -2.34. The topological polar surface area (TPSA) is 73.2 Å². The van der Waals surface area contributed by atoms with Crippen molar-refractivity contribution >= 4 is 5.91 Å². The van der Waals surface area contributed by atoms with Gasteiger partial charge in [-0.25, -0.2) is 0 Å². The van der Waals surface area contributed by atoms with Gasteiger partial charge in [0.25, 0.3) is 5.91 Å². The number of aromatic nitrogens is 2. The van der Waals surface area contributed by atoms with Crippen LogP contribution >= 0.6 is 0 Å². The van der Waals surface area contributed by atoms with E-state index in [-0.39, 0.29) is 11.3 Å². The van der Waals surface area contributed by atoms with E-state index in [9.17, 15) is 9.59 Å². The van der Waals surface area contributed by atoms with Gasteiger partial charge in [-0.15, -0.1) is 0 Å². The highest BCUT2D eigenvalue weighted by Gasteiger charge is 2.24. The molecule has 0 unspecified atom stereocenters. The first-order valence-corrected chi connectivity index (χ1v) is 11.0. The average molecular weight is 412 g/mol. The number of rotatable bonds is 10. The summed E-state index contributed by atoms with van der Waals surface area (Å²) in [5, 5.41) is 2.95. The summed E-state index contributed by atoms with van der Waals surface area (Å²) in [5.74, 6) is 0.268. The quantitative estimate of drug-likeness (QED) is 0.609. The van der Waals surface area contributed by atoms with Crippen LogP contribution < -0.4 is 10.7 Å². The van der Waals surface area contributed by atoms with Gasteiger partial charge in [-0.2, -0.15) is 0 Å². The van der Waals surface area contributed by atoms with Crippen molar-refractivity contribution in [3.63, 3.8) is 0 Å². The van der Waals surface area contributed by atoms with Gasteiger partial charge in [0.2, 0.25) is 0 Å². The van der Waals surface area contributed by atoms with Crippen LogP contribution in [0.4, 0.5) is 0 Å². The summed E-state index contributed by atoms with van der Waals surface area (Å²) >= 11 is 0. The highest BCUT2D eigenvalue weighted by Crippen LogP contribution is 2.29. The van der Waals surface area contributed by atoms with Crippen molar-refractivity contribution in [1.29, 1.82) is 0 Å². The fourth-order valence-corrected chi connectivity index (χ4v) is 4.39. The van der Waals surface area contributed by atoms with E-state index in [1.165, 1.54) is 25.7 Å². The number of methoxy groups -OCH3 is 1. The predicted octanol–water partition coefficient (Wildman–Crippen LogP) is 3.29. The van der Waals surface area contributed by atoms with Crippen LogP contribution in [-0.4, -0.2) is 35.7 Å². The number of hydrogen-bond acceptors (Lipinski definition) is 4. The molecular formula is C24H33N3O3. The van der Waals surface area contributed by atoms with Crippen molar-refractivity contribution in [2.45, 2.75) is 58.4 Å². The molecule has 0 saturated heterocycles. The van der Waals surface area contributed by atoms with Crippen LogP contribution in [0.1, 0.15) is 59.5 Å². The van der Waals surface area contributed by atoms with Gasteiger partial charge >= 0.3 is 0 Å². The van der Waals surface area contributed by atoms with Crippen LogP contribution in [0.3, 0.4) is 0 Å². The molecule has 0 spiro atoms. The summed E-state index contributed by atoms with van der Waals surface area (Å²) in [6, 6.07) is 7.34. The van der Waals surface area contributed by atoms with Gasteiger partial charge in [0.15, 0.2) is 5.43 Å². The van der Waals surface area contributed by atoms with E-state index in [0.717, 1.165) is 36.5 Å². The second-order valence-corrected chi connectivity index (χ2v) is 8.15. The van der Waals surface area contributed by atoms with Crippen LogP contribution in [-0.2, 0) is 24.1 Å². The molecule has 162 valence electrons. The summed E-state index contributed by atoms with van der Waals surface area (Å²) in [4.78, 5) is 30.2. The summed E-state index contributed by atoms with van der Waals surface area (Å²) < 4.78 is 7.37. The monoisotopic (exact) mass is 411 g/mol. The average Bonchev–Trinajstić information content (AvgIpc) is 3.24. The fraction of sp³-hybridized carbons (Fsp3) is 0.542. The van der Waals surface area contributed by atoms with E-state index in [0.29, 0.717) is 31.1 Å². The number of carbonyl (C=O) groups excluding carboxylic acids is 1. The van der Waals surface area contributed by atoms with Gasteiger partial charge in [-0.05, 0) is 37.8 Å². The number of amides is 1. The maximum Gasteiger partial charge on any atom is 0.257 e. The third-order valence-electron chi connectivity index (χ3n) is 5.93. The molecule has 0 radical (unpaired) electrons. The lowest BCUT2D eigenvalue weighted by molar-refractivity contribution is 0.0950. The SMILES string of the molecule is COCCCn1c(C)cc(=O)c(C(=O)NCCc2ccccn2)c1CC1CCCC1. The maximum atomic E-state index is 13.1. The van der Waals surface area contributed by atoms with Crippen LogP contribution in [0.5, 0.6) is 0 Å². The molecule has 0 atom stereocenters. The third kappa shape index (κ3) is 5.79. The number of nitrogens with zero attached hydrogens (tertiary/aromatic N) is 2. The Labute approximate surface area is 178 Å². The molecule has 1 N–H and O–H groups in total. The molecule has 1 amide bonds. The van der Waals surface area contributed by atoms with Crippen molar-refractivity contribution < 1.29 is 9.53 Å². The summed E-state index contributed by atoms with van der Waals surface area (Å²) in [7, 11) is 1.69. The van der Waals surface area contributed by atoms with Gasteiger partial charge in [-0.3, -0.25) is 14.6 Å². The van der Waals surface area contributed by atoms with Crippen molar-refractivity contribution in [1.82, 2.24) is 14.9 Å². The highest BCUT2D eigenvalue weighted by molar-refractivity contribution is 5.95. The first-order chi connectivity index (χ1) is 14.6. The molecular weight excluding hydrogens is 378 g/mol. The van der Waals surface area contributed by atoms with Gasteiger partial charge in [0.1, 0.15) is 5.56 Å². The second-order valence-electron chi connectivity index (χ2n) is 8.15. The Morgan fingerprint density at radius 2 is 2.10 bits per heavy atom. The maximum absolute atomic E-state index is 13.1. The Kier molecular flexibility index (Phi) is 8.20. The number of nitrogens with one attached hydrogen (secondary N) is 1. The number of carbonyl (C=O) groups is 1. The minimum atomic E-state index is -0.274. The molecule has 30 heavy (non-hydrogen) atoms. The normalized spacial score (nSPS) is 14.2. The van der Waals surface area contributed by atoms with Crippen molar-refractivity contribution in [3.05, 3.63) is 63.3 Å². The first kappa shape index (κ1) is 22.2. The van der Waals surface area contributed by atoms with Gasteiger partial charge in [-0.1, -0.05) is 31.7 Å². The van der Waals surface area contributed by atoms with Crippen molar-refractivity contribution in [3.8, 4) is 0 Å². The van der Waals surface area contributed by atoms with E-state index in [2.05, 4.69) is 14.9 Å². The molecule has 3 rings (SSSR count). The molecule has 0 bridgehead atoms. The van der Waals surface area contributed by atoms with Gasteiger partial charge in [0, 0.05) is 62.6 Å². The smallest absolute Gasteiger partial charge is 0.257 e. The van der Waals surface area contributed by atoms with Crippen molar-refractivity contribution in [2.24, 2.45) is 5.92 Å². The summed E-state index contributed by atoms with van der Waals surface area (Å²) in [6.45, 7) is 3.81. The number of ether oxygens (including phenoxy) is 1. The Balaban J connectivity index is 1.83. The summed E-state index contributed by atoms with van der Waals surface area (Å²) in [5.41, 5.74) is 2.85. The van der Waals surface area contributed by atoms with E-state index in [4.69, 9.17) is 4.74 Å². The molecule has 6 nitrogen and oxygen atoms in total. The van der Waals surface area contributed by atoms with Gasteiger partial charge in [0.05, 0.1) is 0 Å². The second kappa shape index (κ2) is 11.1. The minimum Gasteiger partial charge on any atom is -0.385 e. The Hall–Kier alpha value is -2.47. The molecule has 2 aromatic heterocycles.